The number of aromatic nitrogens is 2. The SMILES string of the molecule is O=c1o[nH][n+](-c2ccccc2)c1CNCCc1cccc(Cl)c1. The molecule has 0 spiro atoms. The third-order valence-corrected chi connectivity index (χ3v) is 3.76. The maximum Gasteiger partial charge on any atom is 0.431 e. The molecule has 2 N–H and O–H groups in total. The molecule has 118 valence electrons. The number of nitrogens with one attached hydrogen (secondary N) is 2. The van der Waals surface area contributed by atoms with Crippen LogP contribution in [0.15, 0.2) is 63.9 Å². The van der Waals surface area contributed by atoms with Crippen molar-refractivity contribution < 1.29 is 9.20 Å². The molecule has 3 rings (SSSR count). The molecule has 0 atom stereocenters. The highest BCUT2D eigenvalue weighted by Gasteiger charge is 2.22. The van der Waals surface area contributed by atoms with Crippen molar-refractivity contribution in [3.63, 3.8) is 0 Å². The van der Waals surface area contributed by atoms with E-state index in [-0.39, 0.29) is 5.63 Å². The average Bonchev–Trinajstić information content (AvgIpc) is 2.93. The van der Waals surface area contributed by atoms with Gasteiger partial charge in [-0.05, 0) is 40.6 Å². The second-order valence-corrected chi connectivity index (χ2v) is 5.59. The first-order valence-corrected chi connectivity index (χ1v) is 7.75. The van der Waals surface area contributed by atoms with Gasteiger partial charge in [-0.3, -0.25) is 4.52 Å². The zero-order valence-corrected chi connectivity index (χ0v) is 13.2. The van der Waals surface area contributed by atoms with Gasteiger partial charge in [-0.15, -0.1) is 0 Å². The molecule has 0 aliphatic carbocycles. The van der Waals surface area contributed by atoms with Crippen molar-refractivity contribution in [3.8, 4) is 5.69 Å². The van der Waals surface area contributed by atoms with Gasteiger partial charge in [0.2, 0.25) is 5.69 Å². The number of hydrogen-bond acceptors (Lipinski definition) is 3. The van der Waals surface area contributed by atoms with Crippen molar-refractivity contribution in [2.75, 3.05) is 6.54 Å². The van der Waals surface area contributed by atoms with Crippen LogP contribution in [0.2, 0.25) is 5.02 Å². The van der Waals surface area contributed by atoms with Gasteiger partial charge in [0, 0.05) is 17.2 Å². The van der Waals surface area contributed by atoms with Gasteiger partial charge in [-0.2, -0.15) is 0 Å². The van der Waals surface area contributed by atoms with Crippen LogP contribution >= 0.6 is 11.6 Å². The smallest absolute Gasteiger partial charge is 0.307 e. The topological polar surface area (TPSA) is 61.9 Å². The van der Waals surface area contributed by atoms with Crippen molar-refractivity contribution in [1.82, 2.24) is 10.6 Å². The molecule has 1 aromatic heterocycles. The molecule has 0 aliphatic heterocycles. The summed E-state index contributed by atoms with van der Waals surface area (Å²) in [5.74, 6) is 0. The summed E-state index contributed by atoms with van der Waals surface area (Å²) in [7, 11) is 0. The lowest BCUT2D eigenvalue weighted by atomic mass is 10.1. The predicted molar refractivity (Wildman–Crippen MR) is 87.7 cm³/mol. The van der Waals surface area contributed by atoms with Crippen LogP contribution in [0.5, 0.6) is 0 Å². The van der Waals surface area contributed by atoms with Crippen LogP contribution in [0.4, 0.5) is 0 Å². The molecule has 0 amide bonds. The van der Waals surface area contributed by atoms with E-state index >= 15 is 0 Å². The Hall–Kier alpha value is -2.37. The summed E-state index contributed by atoms with van der Waals surface area (Å²) in [4.78, 5) is 11.8. The quantitative estimate of drug-likeness (QED) is 0.538. The summed E-state index contributed by atoms with van der Waals surface area (Å²) in [6, 6.07) is 17.3. The number of hydrogen-bond donors (Lipinski definition) is 2. The van der Waals surface area contributed by atoms with Gasteiger partial charge in [-0.1, -0.05) is 41.9 Å². The largest absolute Gasteiger partial charge is 0.431 e. The highest BCUT2D eigenvalue weighted by atomic mass is 35.5. The Labute approximate surface area is 138 Å². The minimum atomic E-state index is -0.371. The number of benzene rings is 2. The second kappa shape index (κ2) is 7.26. The Morgan fingerprint density at radius 1 is 1.13 bits per heavy atom. The Bertz CT molecular complexity index is 827. The molecule has 23 heavy (non-hydrogen) atoms. The molecule has 5 nitrogen and oxygen atoms in total. The van der Waals surface area contributed by atoms with Crippen molar-refractivity contribution in [3.05, 3.63) is 81.3 Å². The molecule has 0 saturated heterocycles. The van der Waals surface area contributed by atoms with Gasteiger partial charge in [0.05, 0.1) is 6.54 Å². The van der Waals surface area contributed by atoms with Gasteiger partial charge in [-0.25, -0.2) is 4.79 Å². The van der Waals surface area contributed by atoms with Gasteiger partial charge in [0.1, 0.15) is 0 Å². The summed E-state index contributed by atoms with van der Waals surface area (Å²) < 4.78 is 6.55. The van der Waals surface area contributed by atoms with Crippen LogP contribution in [-0.2, 0) is 13.0 Å². The van der Waals surface area contributed by atoms with E-state index in [0.717, 1.165) is 29.2 Å². The minimum absolute atomic E-state index is 0.371. The zero-order chi connectivity index (χ0) is 16.1. The third kappa shape index (κ3) is 3.88. The van der Waals surface area contributed by atoms with E-state index in [1.54, 1.807) is 4.68 Å². The van der Waals surface area contributed by atoms with E-state index in [0.29, 0.717) is 12.2 Å². The highest BCUT2D eigenvalue weighted by Crippen LogP contribution is 2.10. The molecular formula is C17H17ClN3O2+. The molecule has 6 heteroatoms. The molecule has 0 bridgehead atoms. The lowest BCUT2D eigenvalue weighted by molar-refractivity contribution is -0.677. The van der Waals surface area contributed by atoms with Crippen LogP contribution in [0.1, 0.15) is 11.3 Å². The van der Waals surface area contributed by atoms with Gasteiger partial charge in [0.25, 0.3) is 0 Å². The number of rotatable bonds is 6. The van der Waals surface area contributed by atoms with E-state index in [2.05, 4.69) is 10.6 Å². The third-order valence-electron chi connectivity index (χ3n) is 3.52. The molecule has 0 saturated carbocycles. The van der Waals surface area contributed by atoms with Crippen molar-refractivity contribution >= 4 is 11.6 Å². The molecule has 0 unspecified atom stereocenters. The van der Waals surface area contributed by atoms with Crippen molar-refractivity contribution in [2.45, 2.75) is 13.0 Å². The standard InChI is InChI=1S/C17H16ClN3O2/c18-14-6-4-5-13(11-14)9-10-19-12-16-17(22)23-20-21(16)15-7-2-1-3-8-15/h1-8,11,19H,9-10,12H2/p+1. The Kier molecular flexibility index (Phi) is 4.90. The Balaban J connectivity index is 1.63. The van der Waals surface area contributed by atoms with Gasteiger partial charge < -0.3 is 5.32 Å². The summed E-state index contributed by atoms with van der Waals surface area (Å²) in [5, 5.41) is 6.62. The number of nitrogens with zero attached hydrogens (tertiary/aromatic N) is 1. The van der Waals surface area contributed by atoms with Crippen LogP contribution < -0.4 is 15.6 Å². The van der Waals surface area contributed by atoms with E-state index < -0.39 is 0 Å². The maximum atomic E-state index is 11.8. The van der Waals surface area contributed by atoms with Crippen LogP contribution in [0.3, 0.4) is 0 Å². The molecule has 0 radical (unpaired) electrons. The average molecular weight is 331 g/mol. The zero-order valence-electron chi connectivity index (χ0n) is 12.5. The predicted octanol–water partition coefficient (Wildman–Crippen LogP) is 2.23. The summed E-state index contributed by atoms with van der Waals surface area (Å²) in [5.41, 5.74) is 2.17. The summed E-state index contributed by atoms with van der Waals surface area (Å²) in [6.07, 6.45) is 0.835. The number of halogens is 1. The fourth-order valence-corrected chi connectivity index (χ4v) is 2.57. The van der Waals surface area contributed by atoms with Crippen LogP contribution in [-0.4, -0.2) is 11.8 Å². The maximum absolute atomic E-state index is 11.8. The molecule has 2 aromatic carbocycles. The number of para-hydroxylation sites is 1. The fraction of sp³-hybridized carbons (Fsp3) is 0.176. The molecule has 0 aliphatic rings. The van der Waals surface area contributed by atoms with E-state index in [1.807, 2.05) is 54.6 Å². The fourth-order valence-electron chi connectivity index (χ4n) is 2.36. The summed E-state index contributed by atoms with van der Waals surface area (Å²) >= 11 is 5.97. The summed E-state index contributed by atoms with van der Waals surface area (Å²) in [6.45, 7) is 1.15. The van der Waals surface area contributed by atoms with Crippen LogP contribution in [0, 0.1) is 0 Å². The minimum Gasteiger partial charge on any atom is -0.307 e. The van der Waals surface area contributed by atoms with Crippen molar-refractivity contribution in [2.24, 2.45) is 0 Å². The lowest BCUT2D eigenvalue weighted by Gasteiger charge is -2.02. The molecular weight excluding hydrogens is 314 g/mol. The highest BCUT2D eigenvalue weighted by molar-refractivity contribution is 6.30. The second-order valence-electron chi connectivity index (χ2n) is 5.16. The first kappa shape index (κ1) is 15.5. The molecule has 0 fully saturated rings. The molecule has 3 aromatic rings. The lowest BCUT2D eigenvalue weighted by Crippen LogP contribution is -2.41. The number of H-pyrrole nitrogens is 1. The van der Waals surface area contributed by atoms with Gasteiger partial charge >= 0.3 is 11.3 Å². The van der Waals surface area contributed by atoms with E-state index in [1.165, 1.54) is 0 Å². The monoisotopic (exact) mass is 330 g/mol. The molecule has 1 heterocycles. The first-order valence-electron chi connectivity index (χ1n) is 7.37. The van der Waals surface area contributed by atoms with Crippen molar-refractivity contribution in [1.29, 1.82) is 0 Å². The van der Waals surface area contributed by atoms with Gasteiger partial charge in [0.15, 0.2) is 0 Å². The normalized spacial score (nSPS) is 10.8. The van der Waals surface area contributed by atoms with E-state index in [4.69, 9.17) is 16.1 Å². The Morgan fingerprint density at radius 3 is 2.74 bits per heavy atom. The first-order chi connectivity index (χ1) is 11.2. The number of aromatic amines is 1. The Morgan fingerprint density at radius 2 is 1.96 bits per heavy atom. The van der Waals surface area contributed by atoms with E-state index in [9.17, 15) is 4.79 Å². The van der Waals surface area contributed by atoms with Crippen LogP contribution in [0.25, 0.3) is 5.69 Å².